The van der Waals surface area contributed by atoms with E-state index in [0.717, 1.165) is 38.5 Å². The molecule has 5 heteroatoms. The zero-order valence-corrected chi connectivity index (χ0v) is 10.9. The Morgan fingerprint density at radius 3 is 2.67 bits per heavy atom. The minimum Gasteiger partial charge on any atom is -0.440 e. The van der Waals surface area contributed by atoms with Crippen LogP contribution in [0.4, 0.5) is 0 Å². The SMILES string of the molecule is O=C(N[C@H]1CCCCCC[C@@H]1O)c1ccc(Cl)o1. The summed E-state index contributed by atoms with van der Waals surface area (Å²) in [6.07, 6.45) is 5.43. The van der Waals surface area contributed by atoms with Crippen LogP contribution >= 0.6 is 11.6 Å². The van der Waals surface area contributed by atoms with Crippen molar-refractivity contribution in [3.63, 3.8) is 0 Å². The van der Waals surface area contributed by atoms with Gasteiger partial charge in [0.15, 0.2) is 11.0 Å². The van der Waals surface area contributed by atoms with Crippen LogP contribution in [0.3, 0.4) is 0 Å². The smallest absolute Gasteiger partial charge is 0.287 e. The largest absolute Gasteiger partial charge is 0.440 e. The van der Waals surface area contributed by atoms with Crippen LogP contribution in [0.1, 0.15) is 49.1 Å². The van der Waals surface area contributed by atoms with Gasteiger partial charge in [-0.25, -0.2) is 0 Å². The molecule has 4 nitrogen and oxygen atoms in total. The lowest BCUT2D eigenvalue weighted by molar-refractivity contribution is 0.0749. The molecule has 1 amide bonds. The molecule has 1 aromatic rings. The number of halogens is 1. The third-order valence-corrected chi connectivity index (χ3v) is 3.55. The van der Waals surface area contributed by atoms with E-state index in [9.17, 15) is 9.90 Å². The lowest BCUT2D eigenvalue weighted by Crippen LogP contribution is -2.43. The monoisotopic (exact) mass is 271 g/mol. The fourth-order valence-electron chi connectivity index (χ4n) is 2.31. The van der Waals surface area contributed by atoms with Crippen molar-refractivity contribution >= 4 is 17.5 Å². The summed E-state index contributed by atoms with van der Waals surface area (Å²) < 4.78 is 5.05. The lowest BCUT2D eigenvalue weighted by atomic mass is 9.94. The van der Waals surface area contributed by atoms with Gasteiger partial charge in [0.25, 0.3) is 5.91 Å². The Kier molecular flexibility index (Phi) is 4.66. The van der Waals surface area contributed by atoms with Gasteiger partial charge in [-0.15, -0.1) is 0 Å². The molecule has 1 aliphatic carbocycles. The number of nitrogens with one attached hydrogen (secondary N) is 1. The van der Waals surface area contributed by atoms with Gasteiger partial charge in [0, 0.05) is 0 Å². The summed E-state index contributed by atoms with van der Waals surface area (Å²) in [5, 5.41) is 13.0. The highest BCUT2D eigenvalue weighted by Crippen LogP contribution is 2.19. The van der Waals surface area contributed by atoms with E-state index >= 15 is 0 Å². The van der Waals surface area contributed by atoms with Gasteiger partial charge in [-0.2, -0.15) is 0 Å². The van der Waals surface area contributed by atoms with Crippen molar-refractivity contribution in [3.8, 4) is 0 Å². The van der Waals surface area contributed by atoms with Crippen molar-refractivity contribution in [1.82, 2.24) is 5.32 Å². The number of carbonyl (C=O) groups is 1. The van der Waals surface area contributed by atoms with Crippen LogP contribution < -0.4 is 5.32 Å². The molecule has 1 heterocycles. The first kappa shape index (κ1) is 13.4. The number of hydrogen-bond donors (Lipinski definition) is 2. The molecule has 18 heavy (non-hydrogen) atoms. The number of hydrogen-bond acceptors (Lipinski definition) is 3. The topological polar surface area (TPSA) is 62.5 Å². The van der Waals surface area contributed by atoms with E-state index in [1.807, 2.05) is 0 Å². The number of rotatable bonds is 2. The van der Waals surface area contributed by atoms with Crippen LogP contribution in [0.2, 0.25) is 5.22 Å². The molecule has 0 bridgehead atoms. The zero-order chi connectivity index (χ0) is 13.0. The van der Waals surface area contributed by atoms with Gasteiger partial charge in [-0.1, -0.05) is 25.7 Å². The van der Waals surface area contributed by atoms with E-state index in [4.69, 9.17) is 16.0 Å². The van der Waals surface area contributed by atoms with Crippen molar-refractivity contribution < 1.29 is 14.3 Å². The van der Waals surface area contributed by atoms with Crippen molar-refractivity contribution in [2.24, 2.45) is 0 Å². The van der Waals surface area contributed by atoms with Crippen molar-refractivity contribution in [3.05, 3.63) is 23.1 Å². The van der Waals surface area contributed by atoms with Gasteiger partial charge in [0.1, 0.15) is 0 Å². The summed E-state index contributed by atoms with van der Waals surface area (Å²) in [6.45, 7) is 0. The maximum absolute atomic E-state index is 11.9. The molecule has 0 aliphatic heterocycles. The van der Waals surface area contributed by atoms with Crippen molar-refractivity contribution in [2.45, 2.75) is 50.7 Å². The van der Waals surface area contributed by atoms with E-state index in [-0.39, 0.29) is 22.9 Å². The van der Waals surface area contributed by atoms with E-state index in [1.165, 1.54) is 12.1 Å². The van der Waals surface area contributed by atoms with Gasteiger partial charge in [-0.3, -0.25) is 4.79 Å². The van der Waals surface area contributed by atoms with Gasteiger partial charge in [0.2, 0.25) is 0 Å². The number of aliphatic hydroxyl groups is 1. The molecule has 0 radical (unpaired) electrons. The predicted molar refractivity (Wildman–Crippen MR) is 68.7 cm³/mol. The maximum atomic E-state index is 11.9. The summed E-state index contributed by atoms with van der Waals surface area (Å²) in [7, 11) is 0. The summed E-state index contributed by atoms with van der Waals surface area (Å²) in [5.41, 5.74) is 0. The molecule has 100 valence electrons. The summed E-state index contributed by atoms with van der Waals surface area (Å²) in [5.74, 6) is -0.124. The fourth-order valence-corrected chi connectivity index (χ4v) is 2.46. The molecular formula is C13H18ClNO3. The number of aliphatic hydroxyl groups excluding tert-OH is 1. The molecule has 0 unspecified atom stereocenters. The molecule has 0 saturated heterocycles. The highest BCUT2D eigenvalue weighted by atomic mass is 35.5. The van der Waals surface area contributed by atoms with Crippen LogP contribution in [-0.4, -0.2) is 23.2 Å². The number of carbonyl (C=O) groups excluding carboxylic acids is 1. The minimum atomic E-state index is -0.473. The molecule has 1 fully saturated rings. The van der Waals surface area contributed by atoms with Crippen LogP contribution in [0, 0.1) is 0 Å². The fraction of sp³-hybridized carbons (Fsp3) is 0.615. The van der Waals surface area contributed by atoms with E-state index in [1.54, 1.807) is 0 Å². The van der Waals surface area contributed by atoms with Gasteiger partial charge >= 0.3 is 0 Å². The van der Waals surface area contributed by atoms with Crippen molar-refractivity contribution in [2.75, 3.05) is 0 Å². The normalized spacial score (nSPS) is 25.2. The van der Waals surface area contributed by atoms with Crippen LogP contribution in [-0.2, 0) is 0 Å². The maximum Gasteiger partial charge on any atom is 0.287 e. The molecule has 1 aromatic heterocycles. The second kappa shape index (κ2) is 6.25. The Balaban J connectivity index is 1.95. The first-order chi connectivity index (χ1) is 8.66. The number of amides is 1. The zero-order valence-electron chi connectivity index (χ0n) is 10.2. The molecule has 2 rings (SSSR count). The van der Waals surface area contributed by atoms with Gasteiger partial charge < -0.3 is 14.8 Å². The van der Waals surface area contributed by atoms with Crippen LogP contribution in [0.15, 0.2) is 16.5 Å². The third kappa shape index (κ3) is 3.50. The average molecular weight is 272 g/mol. The molecule has 1 aliphatic rings. The molecule has 2 N–H and O–H groups in total. The van der Waals surface area contributed by atoms with E-state index in [2.05, 4.69) is 5.32 Å². The molecule has 0 spiro atoms. The van der Waals surface area contributed by atoms with Crippen molar-refractivity contribution in [1.29, 1.82) is 0 Å². The lowest BCUT2D eigenvalue weighted by Gasteiger charge is -2.25. The van der Waals surface area contributed by atoms with E-state index in [0.29, 0.717) is 0 Å². The van der Waals surface area contributed by atoms with E-state index < -0.39 is 6.10 Å². The number of furan rings is 1. The highest BCUT2D eigenvalue weighted by Gasteiger charge is 2.23. The molecule has 1 saturated carbocycles. The highest BCUT2D eigenvalue weighted by molar-refractivity contribution is 6.29. The average Bonchev–Trinajstić information content (AvgIpc) is 2.75. The summed E-state index contributed by atoms with van der Waals surface area (Å²) in [4.78, 5) is 11.9. The Hall–Kier alpha value is -1.00. The Labute approximate surface area is 111 Å². The second-order valence-electron chi connectivity index (χ2n) is 4.74. The Bertz CT molecular complexity index is 405. The summed E-state index contributed by atoms with van der Waals surface area (Å²) >= 11 is 5.63. The molecular weight excluding hydrogens is 254 g/mol. The third-order valence-electron chi connectivity index (χ3n) is 3.34. The quantitative estimate of drug-likeness (QED) is 0.869. The van der Waals surface area contributed by atoms with Crippen LogP contribution in [0.25, 0.3) is 0 Å². The standard InChI is InChI=1S/C13H18ClNO3/c14-12-8-7-11(18-12)13(17)15-9-5-3-1-2-4-6-10(9)16/h7-10,16H,1-6H2,(H,15,17)/t9-,10-/m0/s1. The minimum absolute atomic E-state index is 0.189. The molecule has 2 atom stereocenters. The summed E-state index contributed by atoms with van der Waals surface area (Å²) in [6, 6.07) is 2.87. The first-order valence-corrected chi connectivity index (χ1v) is 6.79. The predicted octanol–water partition coefficient (Wildman–Crippen LogP) is 2.75. The van der Waals surface area contributed by atoms with Gasteiger partial charge in [0.05, 0.1) is 12.1 Å². The second-order valence-corrected chi connectivity index (χ2v) is 5.12. The first-order valence-electron chi connectivity index (χ1n) is 6.41. The van der Waals surface area contributed by atoms with Crippen LogP contribution in [0.5, 0.6) is 0 Å². The Morgan fingerprint density at radius 2 is 2.00 bits per heavy atom. The molecule has 0 aromatic carbocycles. The Morgan fingerprint density at radius 1 is 1.28 bits per heavy atom. The van der Waals surface area contributed by atoms with Gasteiger partial charge in [-0.05, 0) is 36.6 Å².